The van der Waals surface area contributed by atoms with Crippen LogP contribution < -0.4 is 0 Å². The molecule has 6 nitrogen and oxygen atoms in total. The number of hydrogen-bond acceptors (Lipinski definition) is 5. The van der Waals surface area contributed by atoms with Gasteiger partial charge in [-0.1, -0.05) is 12.8 Å². The van der Waals surface area contributed by atoms with E-state index in [1.54, 1.807) is 7.05 Å². The summed E-state index contributed by atoms with van der Waals surface area (Å²) in [5, 5.41) is 8.38. The topological polar surface area (TPSA) is 91.8 Å². The molecule has 0 radical (unpaired) electrons. The molecule has 8 heteroatoms. The number of amides is 1. The average molecular weight is 345 g/mol. The number of thiophene rings is 1. The van der Waals surface area contributed by atoms with Crippen molar-refractivity contribution >= 4 is 33.1 Å². The predicted molar refractivity (Wildman–Crippen MR) is 84.3 cm³/mol. The molecule has 0 unspecified atom stereocenters. The molecule has 1 aromatic rings. The van der Waals surface area contributed by atoms with Gasteiger partial charge >= 0.3 is 5.97 Å². The molecule has 1 fully saturated rings. The smallest absolute Gasteiger partial charge is 0.345 e. The molecule has 1 aliphatic carbocycles. The molecule has 1 aromatic heterocycles. The van der Waals surface area contributed by atoms with Gasteiger partial charge in [-0.05, 0) is 25.0 Å². The van der Waals surface area contributed by atoms with Crippen LogP contribution in [0.2, 0.25) is 0 Å². The maximum absolute atomic E-state index is 12.5. The van der Waals surface area contributed by atoms with E-state index in [-0.39, 0.29) is 16.8 Å². The number of carbonyl (C=O) groups excluding carboxylic acids is 1. The molecule has 0 spiro atoms. The SMILES string of the molecule is CN(C(=O)c1ccc(C(=O)O)s1)[C@@H]1CCCC[C@@H]1S(C)(=O)=O. The lowest BCUT2D eigenvalue weighted by atomic mass is 9.93. The number of hydrogen-bond donors (Lipinski definition) is 1. The van der Waals surface area contributed by atoms with E-state index in [4.69, 9.17) is 5.11 Å². The number of carbonyl (C=O) groups is 2. The Bertz CT molecular complexity index is 679. The summed E-state index contributed by atoms with van der Waals surface area (Å²) < 4.78 is 23.9. The normalized spacial score (nSPS) is 22.3. The van der Waals surface area contributed by atoms with Gasteiger partial charge in [0, 0.05) is 19.3 Å². The lowest BCUT2D eigenvalue weighted by Crippen LogP contribution is -2.49. The van der Waals surface area contributed by atoms with E-state index < -0.39 is 21.1 Å². The Labute approximate surface area is 133 Å². The Balaban J connectivity index is 2.22. The van der Waals surface area contributed by atoms with Crippen molar-refractivity contribution in [2.45, 2.75) is 37.0 Å². The van der Waals surface area contributed by atoms with Crippen LogP contribution in [0.3, 0.4) is 0 Å². The van der Waals surface area contributed by atoms with Crippen molar-refractivity contribution in [2.75, 3.05) is 13.3 Å². The van der Waals surface area contributed by atoms with Gasteiger partial charge in [-0.3, -0.25) is 4.79 Å². The van der Waals surface area contributed by atoms with E-state index >= 15 is 0 Å². The molecule has 2 rings (SSSR count). The van der Waals surface area contributed by atoms with Crippen LogP contribution in [-0.2, 0) is 9.84 Å². The number of aromatic carboxylic acids is 1. The highest BCUT2D eigenvalue weighted by atomic mass is 32.2. The predicted octanol–water partition coefficient (Wildman–Crippen LogP) is 1.87. The third kappa shape index (κ3) is 3.49. The fourth-order valence-electron chi connectivity index (χ4n) is 2.91. The molecule has 122 valence electrons. The second-order valence-electron chi connectivity index (χ2n) is 5.60. The first-order valence-corrected chi connectivity index (χ1v) is 9.78. The van der Waals surface area contributed by atoms with E-state index in [9.17, 15) is 18.0 Å². The summed E-state index contributed by atoms with van der Waals surface area (Å²) >= 11 is 0.910. The van der Waals surface area contributed by atoms with Crippen LogP contribution in [0.1, 0.15) is 45.0 Å². The molecular weight excluding hydrogens is 326 g/mol. The first kappa shape index (κ1) is 17.0. The van der Waals surface area contributed by atoms with E-state index in [0.29, 0.717) is 17.7 Å². The largest absolute Gasteiger partial charge is 0.477 e. The lowest BCUT2D eigenvalue weighted by Gasteiger charge is -2.36. The Hall–Kier alpha value is -1.41. The Kier molecular flexibility index (Phi) is 4.91. The summed E-state index contributed by atoms with van der Waals surface area (Å²) in [6, 6.07) is 2.51. The van der Waals surface area contributed by atoms with Crippen molar-refractivity contribution in [1.82, 2.24) is 4.90 Å². The second-order valence-corrected chi connectivity index (χ2v) is 8.95. The van der Waals surface area contributed by atoms with Gasteiger partial charge < -0.3 is 10.0 Å². The standard InChI is InChI=1S/C14H19NO5S2/c1-15(9-5-3-4-6-12(9)22(2,19)20)13(16)10-7-8-11(21-10)14(17)18/h7-9,12H,3-6H2,1-2H3,(H,17,18)/t9-,12+/m1/s1. The van der Waals surface area contributed by atoms with Crippen LogP contribution in [0.25, 0.3) is 0 Å². The summed E-state index contributed by atoms with van der Waals surface area (Å²) in [6.45, 7) is 0. The summed E-state index contributed by atoms with van der Waals surface area (Å²) in [5.74, 6) is -1.39. The highest BCUT2D eigenvalue weighted by Gasteiger charge is 2.37. The van der Waals surface area contributed by atoms with Crippen molar-refractivity contribution in [3.63, 3.8) is 0 Å². The van der Waals surface area contributed by atoms with Gasteiger partial charge in [0.1, 0.15) is 4.88 Å². The fourth-order valence-corrected chi connectivity index (χ4v) is 5.22. The lowest BCUT2D eigenvalue weighted by molar-refractivity contribution is 0.0696. The van der Waals surface area contributed by atoms with E-state index in [0.717, 1.165) is 24.2 Å². The van der Waals surface area contributed by atoms with E-state index in [1.807, 2.05) is 0 Å². The average Bonchev–Trinajstić information content (AvgIpc) is 2.95. The molecule has 0 bridgehead atoms. The number of sulfone groups is 1. The Morgan fingerprint density at radius 1 is 1.23 bits per heavy atom. The first-order chi connectivity index (χ1) is 10.2. The highest BCUT2D eigenvalue weighted by molar-refractivity contribution is 7.91. The molecule has 1 amide bonds. The zero-order valence-electron chi connectivity index (χ0n) is 12.5. The zero-order valence-corrected chi connectivity index (χ0v) is 14.1. The van der Waals surface area contributed by atoms with Crippen molar-refractivity contribution in [2.24, 2.45) is 0 Å². The van der Waals surface area contributed by atoms with Crippen LogP contribution in [0.5, 0.6) is 0 Å². The maximum atomic E-state index is 12.5. The molecule has 2 atom stereocenters. The molecule has 22 heavy (non-hydrogen) atoms. The van der Waals surface area contributed by atoms with Crippen LogP contribution in [0.4, 0.5) is 0 Å². The van der Waals surface area contributed by atoms with Crippen LogP contribution in [-0.4, -0.2) is 54.9 Å². The Morgan fingerprint density at radius 3 is 2.36 bits per heavy atom. The minimum Gasteiger partial charge on any atom is -0.477 e. The van der Waals surface area contributed by atoms with Crippen molar-refractivity contribution in [3.05, 3.63) is 21.9 Å². The van der Waals surface area contributed by atoms with E-state index in [1.165, 1.54) is 23.3 Å². The molecule has 1 saturated carbocycles. The number of carboxylic acids is 1. The maximum Gasteiger partial charge on any atom is 0.345 e. The van der Waals surface area contributed by atoms with Crippen LogP contribution in [0, 0.1) is 0 Å². The van der Waals surface area contributed by atoms with Crippen LogP contribution in [0.15, 0.2) is 12.1 Å². The van der Waals surface area contributed by atoms with Gasteiger partial charge in [-0.15, -0.1) is 11.3 Å². The van der Waals surface area contributed by atoms with Gasteiger partial charge in [0.05, 0.1) is 10.1 Å². The second kappa shape index (κ2) is 6.37. The van der Waals surface area contributed by atoms with Crippen LogP contribution >= 0.6 is 11.3 Å². The molecule has 0 aliphatic heterocycles. The van der Waals surface area contributed by atoms with Gasteiger partial charge in [0.25, 0.3) is 5.91 Å². The van der Waals surface area contributed by atoms with Gasteiger partial charge in [0.2, 0.25) is 0 Å². The summed E-state index contributed by atoms with van der Waals surface area (Å²) in [4.78, 5) is 25.3. The molecule has 1 heterocycles. The molecular formula is C14H19NO5S2. The zero-order chi connectivity index (χ0) is 16.5. The van der Waals surface area contributed by atoms with Crippen molar-refractivity contribution in [1.29, 1.82) is 0 Å². The molecule has 0 saturated heterocycles. The summed E-state index contributed by atoms with van der Waals surface area (Å²) in [7, 11) is -1.63. The van der Waals surface area contributed by atoms with Crippen molar-refractivity contribution in [3.8, 4) is 0 Å². The molecule has 1 N–H and O–H groups in total. The third-order valence-corrected chi connectivity index (χ3v) is 6.77. The number of carboxylic acid groups (broad SMARTS) is 1. The van der Waals surface area contributed by atoms with Gasteiger partial charge in [-0.2, -0.15) is 0 Å². The fraction of sp³-hybridized carbons (Fsp3) is 0.571. The molecule has 1 aliphatic rings. The first-order valence-electron chi connectivity index (χ1n) is 7.01. The summed E-state index contributed by atoms with van der Waals surface area (Å²) in [6.07, 6.45) is 4.16. The third-order valence-electron chi connectivity index (χ3n) is 4.06. The van der Waals surface area contributed by atoms with Crippen molar-refractivity contribution < 1.29 is 23.1 Å². The number of rotatable bonds is 4. The highest BCUT2D eigenvalue weighted by Crippen LogP contribution is 2.29. The minimum absolute atomic E-state index is 0.0973. The Morgan fingerprint density at radius 2 is 1.82 bits per heavy atom. The summed E-state index contributed by atoms with van der Waals surface area (Å²) in [5.41, 5.74) is 0. The quantitative estimate of drug-likeness (QED) is 0.899. The number of nitrogens with zero attached hydrogens (tertiary/aromatic N) is 1. The monoisotopic (exact) mass is 345 g/mol. The van der Waals surface area contributed by atoms with Gasteiger partial charge in [-0.25, -0.2) is 13.2 Å². The molecule has 0 aromatic carbocycles. The van der Waals surface area contributed by atoms with E-state index in [2.05, 4.69) is 0 Å². The van der Waals surface area contributed by atoms with Gasteiger partial charge in [0.15, 0.2) is 9.84 Å². The minimum atomic E-state index is -3.23.